The standard InChI is InChI=1S/C15H19NO4S/c1-3-11(2)21-10-13(14(17)18)16-15(19)20-9-12-7-5-4-6-8-12/h3-8,11,13H,1,9-10H2,2H3,(H,16,19)(H,17,18). The Morgan fingerprint density at radius 3 is 2.67 bits per heavy atom. The lowest BCUT2D eigenvalue weighted by molar-refractivity contribution is -0.138. The highest BCUT2D eigenvalue weighted by atomic mass is 32.2. The highest BCUT2D eigenvalue weighted by molar-refractivity contribution is 8.00. The Bertz CT molecular complexity index is 478. The van der Waals surface area contributed by atoms with Crippen molar-refractivity contribution in [1.82, 2.24) is 5.32 Å². The Morgan fingerprint density at radius 1 is 1.43 bits per heavy atom. The molecule has 0 saturated heterocycles. The first-order chi connectivity index (χ1) is 10.0. The highest BCUT2D eigenvalue weighted by Gasteiger charge is 2.21. The van der Waals surface area contributed by atoms with Crippen LogP contribution >= 0.6 is 11.8 Å². The quantitative estimate of drug-likeness (QED) is 0.722. The molecule has 0 fully saturated rings. The molecule has 21 heavy (non-hydrogen) atoms. The Kier molecular flexibility index (Phi) is 7.39. The second kappa shape index (κ2) is 9.07. The average Bonchev–Trinajstić information content (AvgIpc) is 2.49. The number of rotatable bonds is 8. The van der Waals surface area contributed by atoms with Gasteiger partial charge in [0.05, 0.1) is 0 Å². The summed E-state index contributed by atoms with van der Waals surface area (Å²) in [6, 6.07) is 8.20. The summed E-state index contributed by atoms with van der Waals surface area (Å²) in [6.07, 6.45) is 0.982. The Labute approximate surface area is 128 Å². The molecule has 0 aliphatic carbocycles. The zero-order valence-electron chi connectivity index (χ0n) is 11.8. The van der Waals surface area contributed by atoms with Gasteiger partial charge in [0.1, 0.15) is 12.6 Å². The minimum atomic E-state index is -1.09. The van der Waals surface area contributed by atoms with Gasteiger partial charge in [-0.05, 0) is 12.5 Å². The average molecular weight is 309 g/mol. The lowest BCUT2D eigenvalue weighted by Gasteiger charge is -2.15. The number of carbonyl (C=O) groups excluding carboxylic acids is 1. The molecule has 0 aliphatic heterocycles. The molecule has 0 aliphatic rings. The van der Waals surface area contributed by atoms with E-state index in [0.717, 1.165) is 5.56 Å². The topological polar surface area (TPSA) is 75.6 Å². The van der Waals surface area contributed by atoms with E-state index in [4.69, 9.17) is 9.84 Å². The van der Waals surface area contributed by atoms with Crippen molar-refractivity contribution >= 4 is 23.8 Å². The molecule has 5 nitrogen and oxygen atoms in total. The fourth-order valence-electron chi connectivity index (χ4n) is 1.40. The van der Waals surface area contributed by atoms with E-state index in [1.54, 1.807) is 6.08 Å². The van der Waals surface area contributed by atoms with E-state index in [0.29, 0.717) is 0 Å². The van der Waals surface area contributed by atoms with Crippen LogP contribution in [-0.2, 0) is 16.1 Å². The molecule has 1 aromatic rings. The summed E-state index contributed by atoms with van der Waals surface area (Å²) in [5, 5.41) is 11.6. The lowest BCUT2D eigenvalue weighted by atomic mass is 10.2. The number of amides is 1. The minimum absolute atomic E-state index is 0.106. The molecule has 0 spiro atoms. The molecule has 1 rings (SSSR count). The van der Waals surface area contributed by atoms with Crippen LogP contribution in [0.25, 0.3) is 0 Å². The van der Waals surface area contributed by atoms with Gasteiger partial charge in [-0.1, -0.05) is 36.4 Å². The summed E-state index contributed by atoms with van der Waals surface area (Å²) in [4.78, 5) is 22.7. The van der Waals surface area contributed by atoms with Crippen LogP contribution in [0.2, 0.25) is 0 Å². The van der Waals surface area contributed by atoms with Gasteiger partial charge in [-0.25, -0.2) is 9.59 Å². The highest BCUT2D eigenvalue weighted by Crippen LogP contribution is 2.12. The van der Waals surface area contributed by atoms with Crippen molar-refractivity contribution in [2.24, 2.45) is 0 Å². The predicted octanol–water partition coefficient (Wildman–Crippen LogP) is 2.67. The number of carboxylic acid groups (broad SMARTS) is 1. The smallest absolute Gasteiger partial charge is 0.408 e. The van der Waals surface area contributed by atoms with Crippen molar-refractivity contribution in [1.29, 1.82) is 0 Å². The Balaban J connectivity index is 2.41. The summed E-state index contributed by atoms with van der Waals surface area (Å²) in [6.45, 7) is 5.64. The second-order valence-electron chi connectivity index (χ2n) is 4.37. The third kappa shape index (κ3) is 6.85. The maximum absolute atomic E-state index is 11.6. The van der Waals surface area contributed by atoms with E-state index in [1.807, 2.05) is 37.3 Å². The van der Waals surface area contributed by atoms with Crippen LogP contribution in [0.1, 0.15) is 12.5 Å². The fourth-order valence-corrected chi connectivity index (χ4v) is 2.26. The molecule has 0 aromatic heterocycles. The minimum Gasteiger partial charge on any atom is -0.480 e. The van der Waals surface area contributed by atoms with Crippen molar-refractivity contribution in [2.45, 2.75) is 24.8 Å². The number of aliphatic carboxylic acids is 1. The number of hydrogen-bond donors (Lipinski definition) is 2. The molecule has 0 radical (unpaired) electrons. The number of carbonyl (C=O) groups is 2. The number of alkyl carbamates (subject to hydrolysis) is 1. The zero-order valence-corrected chi connectivity index (χ0v) is 12.6. The van der Waals surface area contributed by atoms with Gasteiger partial charge in [-0.15, -0.1) is 6.58 Å². The molecule has 1 aromatic carbocycles. The van der Waals surface area contributed by atoms with Crippen molar-refractivity contribution in [3.8, 4) is 0 Å². The van der Waals surface area contributed by atoms with Crippen molar-refractivity contribution in [2.75, 3.05) is 5.75 Å². The van der Waals surface area contributed by atoms with E-state index < -0.39 is 18.1 Å². The first kappa shape index (κ1) is 17.1. The van der Waals surface area contributed by atoms with Crippen LogP contribution in [0, 0.1) is 0 Å². The normalized spacial score (nSPS) is 13.0. The molecule has 0 saturated carbocycles. The third-order valence-electron chi connectivity index (χ3n) is 2.66. The summed E-state index contributed by atoms with van der Waals surface area (Å²) in [7, 11) is 0. The van der Waals surface area contributed by atoms with Crippen LogP contribution in [0.5, 0.6) is 0 Å². The van der Waals surface area contributed by atoms with Gasteiger partial charge in [-0.2, -0.15) is 11.8 Å². The largest absolute Gasteiger partial charge is 0.480 e. The number of ether oxygens (including phenoxy) is 1. The number of carboxylic acids is 1. The van der Waals surface area contributed by atoms with Crippen LogP contribution in [0.3, 0.4) is 0 Å². The van der Waals surface area contributed by atoms with E-state index in [-0.39, 0.29) is 17.6 Å². The van der Waals surface area contributed by atoms with Crippen LogP contribution in [0.4, 0.5) is 4.79 Å². The maximum atomic E-state index is 11.6. The van der Waals surface area contributed by atoms with Gasteiger partial charge < -0.3 is 15.2 Å². The third-order valence-corrected chi connectivity index (χ3v) is 3.90. The van der Waals surface area contributed by atoms with Gasteiger partial charge in [0.2, 0.25) is 0 Å². The maximum Gasteiger partial charge on any atom is 0.408 e. The van der Waals surface area contributed by atoms with Gasteiger partial charge in [0.25, 0.3) is 0 Å². The first-order valence-corrected chi connectivity index (χ1v) is 7.52. The molecular formula is C15H19NO4S. The number of nitrogens with one attached hydrogen (secondary N) is 1. The first-order valence-electron chi connectivity index (χ1n) is 6.47. The lowest BCUT2D eigenvalue weighted by Crippen LogP contribution is -2.43. The van der Waals surface area contributed by atoms with Crippen molar-refractivity contribution in [3.63, 3.8) is 0 Å². The van der Waals surface area contributed by atoms with Gasteiger partial charge in [-0.3, -0.25) is 0 Å². The molecule has 2 atom stereocenters. The Morgan fingerprint density at radius 2 is 2.10 bits per heavy atom. The van der Waals surface area contributed by atoms with E-state index in [1.165, 1.54) is 11.8 Å². The summed E-state index contributed by atoms with van der Waals surface area (Å²) in [5.74, 6) is -0.835. The van der Waals surface area contributed by atoms with E-state index in [2.05, 4.69) is 11.9 Å². The fraction of sp³-hybridized carbons (Fsp3) is 0.333. The molecule has 1 amide bonds. The number of thioether (sulfide) groups is 1. The molecule has 2 N–H and O–H groups in total. The van der Waals surface area contributed by atoms with Crippen LogP contribution in [-0.4, -0.2) is 34.2 Å². The second-order valence-corrected chi connectivity index (χ2v) is 5.78. The summed E-state index contributed by atoms with van der Waals surface area (Å²) < 4.78 is 5.00. The predicted molar refractivity (Wildman–Crippen MR) is 83.3 cm³/mol. The number of hydrogen-bond acceptors (Lipinski definition) is 4. The molecule has 2 unspecified atom stereocenters. The van der Waals surface area contributed by atoms with Crippen molar-refractivity contribution in [3.05, 3.63) is 48.6 Å². The molecule has 0 bridgehead atoms. The van der Waals surface area contributed by atoms with Crippen molar-refractivity contribution < 1.29 is 19.4 Å². The molecule has 0 heterocycles. The monoisotopic (exact) mass is 309 g/mol. The number of benzene rings is 1. The van der Waals surface area contributed by atoms with Gasteiger partial charge in [0.15, 0.2) is 0 Å². The van der Waals surface area contributed by atoms with E-state index >= 15 is 0 Å². The summed E-state index contributed by atoms with van der Waals surface area (Å²) >= 11 is 1.40. The van der Waals surface area contributed by atoms with E-state index in [9.17, 15) is 9.59 Å². The Hall–Kier alpha value is -1.95. The van der Waals surface area contributed by atoms with Crippen LogP contribution < -0.4 is 5.32 Å². The van der Waals surface area contributed by atoms with Crippen LogP contribution in [0.15, 0.2) is 43.0 Å². The van der Waals surface area contributed by atoms with Gasteiger partial charge >= 0.3 is 12.1 Å². The van der Waals surface area contributed by atoms with Gasteiger partial charge in [0, 0.05) is 11.0 Å². The SMILES string of the molecule is C=CC(C)SCC(NC(=O)OCc1ccccc1)C(=O)O. The summed E-state index contributed by atoms with van der Waals surface area (Å²) in [5.41, 5.74) is 0.842. The molecule has 114 valence electrons. The molecule has 6 heteroatoms. The zero-order chi connectivity index (χ0) is 15.7. The molecular weight excluding hydrogens is 290 g/mol.